The molecule has 1 atom stereocenters. The first-order chi connectivity index (χ1) is 13.9. The van der Waals surface area contributed by atoms with Gasteiger partial charge in [0, 0.05) is 35.3 Å². The van der Waals surface area contributed by atoms with E-state index in [1.807, 2.05) is 0 Å². The van der Waals surface area contributed by atoms with Gasteiger partial charge in [-0.25, -0.2) is 9.67 Å². The Morgan fingerprint density at radius 1 is 1.07 bits per heavy atom. The first-order valence-corrected chi connectivity index (χ1v) is 8.22. The lowest BCUT2D eigenvalue weighted by atomic mass is 10.0. The standard InChI is InChI=1S/C18H13F6N5O/c19-17(20,21)12-4-11(5-13(6-12)18(22,23)24)16-27-9-29(28-16)8-14(15(25)30)10-2-1-3-26-7-10/h1-9,15,30H,25H2/b14-8+. The smallest absolute Gasteiger partial charge is 0.374 e. The molecule has 0 fully saturated rings. The number of aliphatic hydroxyl groups excluding tert-OH is 1. The Morgan fingerprint density at radius 2 is 1.70 bits per heavy atom. The molecule has 3 rings (SSSR count). The molecule has 0 saturated carbocycles. The molecule has 0 amide bonds. The maximum Gasteiger partial charge on any atom is 0.416 e. The molecule has 1 unspecified atom stereocenters. The van der Waals surface area contributed by atoms with Crippen molar-refractivity contribution in [2.45, 2.75) is 18.6 Å². The molecule has 6 nitrogen and oxygen atoms in total. The Hall–Kier alpha value is -3.25. The van der Waals surface area contributed by atoms with Crippen molar-refractivity contribution < 1.29 is 31.4 Å². The van der Waals surface area contributed by atoms with Crippen LogP contribution < -0.4 is 5.73 Å². The molecular formula is C18H13F6N5O. The summed E-state index contributed by atoms with van der Waals surface area (Å²) in [6.07, 6.45) is -6.25. The lowest BCUT2D eigenvalue weighted by Gasteiger charge is -2.13. The number of hydrogen-bond acceptors (Lipinski definition) is 5. The molecule has 2 aromatic heterocycles. The van der Waals surface area contributed by atoms with E-state index in [1.165, 1.54) is 18.6 Å². The number of hydrogen-bond donors (Lipinski definition) is 2. The third-order valence-electron chi connectivity index (χ3n) is 3.94. The van der Waals surface area contributed by atoms with Crippen molar-refractivity contribution in [1.82, 2.24) is 19.7 Å². The zero-order valence-corrected chi connectivity index (χ0v) is 14.9. The number of halogens is 6. The zero-order chi connectivity index (χ0) is 22.1. The van der Waals surface area contributed by atoms with Gasteiger partial charge in [-0.2, -0.15) is 26.3 Å². The molecule has 0 spiro atoms. The molecule has 2 heterocycles. The molecular weight excluding hydrogens is 416 g/mol. The summed E-state index contributed by atoms with van der Waals surface area (Å²) in [7, 11) is 0. The van der Waals surface area contributed by atoms with Gasteiger partial charge in [-0.05, 0) is 24.3 Å². The van der Waals surface area contributed by atoms with E-state index in [0.717, 1.165) is 11.0 Å². The number of aliphatic hydroxyl groups is 1. The first-order valence-electron chi connectivity index (χ1n) is 8.22. The van der Waals surface area contributed by atoms with Crippen LogP contribution in [0.5, 0.6) is 0 Å². The van der Waals surface area contributed by atoms with E-state index in [-0.39, 0.29) is 17.5 Å². The highest BCUT2D eigenvalue weighted by atomic mass is 19.4. The number of rotatable bonds is 4. The van der Waals surface area contributed by atoms with Crippen molar-refractivity contribution in [2.24, 2.45) is 5.73 Å². The molecule has 0 radical (unpaired) electrons. The minimum absolute atomic E-state index is 0.0195. The fraction of sp³-hybridized carbons (Fsp3) is 0.167. The van der Waals surface area contributed by atoms with E-state index in [1.54, 1.807) is 12.1 Å². The molecule has 3 N–H and O–H groups in total. The highest BCUT2D eigenvalue weighted by molar-refractivity contribution is 5.77. The molecule has 12 heteroatoms. The van der Waals surface area contributed by atoms with E-state index in [0.29, 0.717) is 17.7 Å². The van der Waals surface area contributed by atoms with Gasteiger partial charge in [0.05, 0.1) is 11.1 Å². The highest BCUT2D eigenvalue weighted by Gasteiger charge is 2.37. The maximum absolute atomic E-state index is 13.0. The number of nitrogens with zero attached hydrogens (tertiary/aromatic N) is 4. The number of alkyl halides is 6. The van der Waals surface area contributed by atoms with Crippen molar-refractivity contribution >= 4 is 11.8 Å². The van der Waals surface area contributed by atoms with Crippen LogP contribution in [0.3, 0.4) is 0 Å². The van der Waals surface area contributed by atoms with Crippen LogP contribution in [0.25, 0.3) is 23.2 Å². The fourth-order valence-corrected chi connectivity index (χ4v) is 2.55. The number of nitrogens with two attached hydrogens (primary N) is 1. The second-order valence-electron chi connectivity index (χ2n) is 6.11. The van der Waals surface area contributed by atoms with E-state index >= 15 is 0 Å². The lowest BCUT2D eigenvalue weighted by Crippen LogP contribution is -2.21. The van der Waals surface area contributed by atoms with Crippen LogP contribution in [0, 0.1) is 0 Å². The average molecular weight is 429 g/mol. The molecule has 0 aliphatic rings. The van der Waals surface area contributed by atoms with Gasteiger partial charge in [0.15, 0.2) is 5.82 Å². The van der Waals surface area contributed by atoms with E-state index < -0.39 is 35.3 Å². The number of pyridine rings is 1. The summed E-state index contributed by atoms with van der Waals surface area (Å²) in [5.41, 5.74) is 2.67. The number of benzene rings is 1. The molecule has 0 saturated heterocycles. The van der Waals surface area contributed by atoms with Gasteiger partial charge in [-0.3, -0.25) is 4.98 Å². The third-order valence-corrected chi connectivity index (χ3v) is 3.94. The summed E-state index contributed by atoms with van der Waals surface area (Å²) in [5.74, 6) is -0.375. The van der Waals surface area contributed by atoms with Gasteiger partial charge in [0.2, 0.25) is 0 Å². The van der Waals surface area contributed by atoms with Gasteiger partial charge in [0.1, 0.15) is 12.6 Å². The Morgan fingerprint density at radius 3 is 2.20 bits per heavy atom. The topological polar surface area (TPSA) is 89.8 Å². The van der Waals surface area contributed by atoms with Crippen LogP contribution in [-0.4, -0.2) is 31.1 Å². The predicted molar refractivity (Wildman–Crippen MR) is 94.1 cm³/mol. The van der Waals surface area contributed by atoms with Crippen molar-refractivity contribution in [2.75, 3.05) is 0 Å². The first kappa shape index (κ1) is 21.5. The second kappa shape index (κ2) is 7.88. The lowest BCUT2D eigenvalue weighted by molar-refractivity contribution is -0.143. The molecule has 3 aromatic rings. The normalized spacial score (nSPS) is 14.1. The van der Waals surface area contributed by atoms with Crippen LogP contribution in [0.15, 0.2) is 49.1 Å². The number of aromatic nitrogens is 4. The molecule has 0 aliphatic carbocycles. The molecule has 30 heavy (non-hydrogen) atoms. The largest absolute Gasteiger partial charge is 0.416 e. The van der Waals surface area contributed by atoms with Gasteiger partial charge in [0.25, 0.3) is 0 Å². The van der Waals surface area contributed by atoms with Crippen LogP contribution in [0.1, 0.15) is 16.7 Å². The summed E-state index contributed by atoms with van der Waals surface area (Å²) in [6, 6.07) is 4.25. The van der Waals surface area contributed by atoms with Crippen LogP contribution in [0.2, 0.25) is 0 Å². The fourth-order valence-electron chi connectivity index (χ4n) is 2.55. The van der Waals surface area contributed by atoms with Crippen LogP contribution in [0.4, 0.5) is 26.3 Å². The second-order valence-corrected chi connectivity index (χ2v) is 6.11. The van der Waals surface area contributed by atoms with Gasteiger partial charge < -0.3 is 10.8 Å². The van der Waals surface area contributed by atoms with Crippen molar-refractivity contribution in [3.8, 4) is 11.4 Å². The molecule has 0 bridgehead atoms. The Labute approximate surface area is 165 Å². The van der Waals surface area contributed by atoms with Gasteiger partial charge >= 0.3 is 12.4 Å². The molecule has 0 aliphatic heterocycles. The minimum atomic E-state index is -4.99. The Bertz CT molecular complexity index is 1020. The summed E-state index contributed by atoms with van der Waals surface area (Å²) in [4.78, 5) is 7.66. The molecule has 1 aromatic carbocycles. The van der Waals surface area contributed by atoms with Crippen LogP contribution in [-0.2, 0) is 12.4 Å². The zero-order valence-electron chi connectivity index (χ0n) is 14.9. The Balaban J connectivity index is 2.05. The quantitative estimate of drug-likeness (QED) is 0.488. The van der Waals surface area contributed by atoms with Crippen molar-refractivity contribution in [3.05, 3.63) is 65.7 Å². The predicted octanol–water partition coefficient (Wildman–Crippen LogP) is 3.65. The minimum Gasteiger partial charge on any atom is -0.374 e. The monoisotopic (exact) mass is 429 g/mol. The summed E-state index contributed by atoms with van der Waals surface area (Å²) in [6.45, 7) is 0. The van der Waals surface area contributed by atoms with E-state index in [9.17, 15) is 31.4 Å². The highest BCUT2D eigenvalue weighted by Crippen LogP contribution is 2.38. The van der Waals surface area contributed by atoms with Crippen molar-refractivity contribution in [1.29, 1.82) is 0 Å². The van der Waals surface area contributed by atoms with E-state index in [4.69, 9.17) is 5.73 Å². The SMILES string of the molecule is NC(O)/C(=C/n1cnc(-c2cc(C(F)(F)F)cc(C(F)(F)F)c2)n1)c1cccnc1. The summed E-state index contributed by atoms with van der Waals surface area (Å²) in [5, 5.41) is 13.7. The third kappa shape index (κ3) is 4.83. The van der Waals surface area contributed by atoms with Gasteiger partial charge in [-0.15, -0.1) is 5.10 Å². The van der Waals surface area contributed by atoms with Crippen LogP contribution >= 0.6 is 0 Å². The Kier molecular flexibility index (Phi) is 5.63. The van der Waals surface area contributed by atoms with Gasteiger partial charge in [-0.1, -0.05) is 6.07 Å². The average Bonchev–Trinajstić information content (AvgIpc) is 3.13. The van der Waals surface area contributed by atoms with E-state index in [2.05, 4.69) is 15.1 Å². The summed E-state index contributed by atoms with van der Waals surface area (Å²) >= 11 is 0. The maximum atomic E-state index is 13.0. The molecule has 158 valence electrons. The summed E-state index contributed by atoms with van der Waals surface area (Å²) < 4.78 is 79.2. The van der Waals surface area contributed by atoms with Crippen molar-refractivity contribution in [3.63, 3.8) is 0 Å².